The number of ketones is 3. The number of nitrogens with zero attached hydrogens (tertiary/aromatic N) is 9. The van der Waals surface area contributed by atoms with Crippen LogP contribution in [0.1, 0.15) is 156 Å². The predicted octanol–water partition coefficient (Wildman–Crippen LogP) is 7.04. The molecule has 33 heteroatoms. The zero-order valence-corrected chi connectivity index (χ0v) is 69.3. The number of hydrogen-bond donors (Lipinski definition) is 7. The summed E-state index contributed by atoms with van der Waals surface area (Å²) in [5, 5.41) is 51.7. The zero-order valence-electron chi connectivity index (χ0n) is 69.3. The number of aliphatic hydroxyl groups is 3. The second-order valence-electron chi connectivity index (χ2n) is 31.5. The van der Waals surface area contributed by atoms with Gasteiger partial charge in [-0.2, -0.15) is 10.1 Å². The van der Waals surface area contributed by atoms with Gasteiger partial charge >= 0.3 is 5.97 Å². The number of hydrogen-bond acceptors (Lipinski definition) is 29. The van der Waals surface area contributed by atoms with Gasteiger partial charge in [0.2, 0.25) is 11.7 Å². The molecule has 4 aromatic heterocycles. The van der Waals surface area contributed by atoms with E-state index in [4.69, 9.17) is 74.1 Å². The Balaban J connectivity index is 0.634. The summed E-state index contributed by atoms with van der Waals surface area (Å²) in [4.78, 5) is 98.0. The van der Waals surface area contributed by atoms with Crippen molar-refractivity contribution in [3.8, 4) is 11.3 Å². The summed E-state index contributed by atoms with van der Waals surface area (Å²) < 4.78 is 68.0. The van der Waals surface area contributed by atoms with Gasteiger partial charge < -0.3 is 94.5 Å². The van der Waals surface area contributed by atoms with Crippen LogP contribution in [0.25, 0.3) is 33.4 Å². The van der Waals surface area contributed by atoms with Crippen molar-refractivity contribution in [3.05, 3.63) is 84.0 Å². The Morgan fingerprint density at radius 1 is 0.769 bits per heavy atom. The third-order valence-electron chi connectivity index (χ3n) is 22.5. The number of unbranched alkanes of at least 4 members (excludes halogenated alkanes) is 2. The van der Waals surface area contributed by atoms with E-state index in [1.807, 2.05) is 62.6 Å². The van der Waals surface area contributed by atoms with E-state index < -0.39 is 95.4 Å². The second-order valence-corrected chi connectivity index (χ2v) is 31.5. The third-order valence-corrected chi connectivity index (χ3v) is 22.5. The van der Waals surface area contributed by atoms with Gasteiger partial charge in [-0.15, -0.1) is 5.10 Å². The van der Waals surface area contributed by atoms with E-state index in [0.29, 0.717) is 184 Å². The van der Waals surface area contributed by atoms with Gasteiger partial charge in [-0.3, -0.25) is 24.0 Å². The topological polar surface area (TPSA) is 449 Å². The van der Waals surface area contributed by atoms with Crippen molar-refractivity contribution in [1.82, 2.24) is 49.9 Å². The number of rotatable bonds is 35. The van der Waals surface area contributed by atoms with E-state index in [1.165, 1.54) is 19.3 Å². The van der Waals surface area contributed by atoms with E-state index in [1.54, 1.807) is 50.4 Å². The number of esters is 1. The second kappa shape index (κ2) is 47.0. The molecule has 3 aliphatic heterocycles. The maximum absolute atomic E-state index is 14.7. The average Bonchev–Trinajstić information content (AvgIpc) is 1.45. The lowest BCUT2D eigenvalue weighted by Gasteiger charge is -2.42. The SMILES string of the molecule is CO[C@H]1C[C@@H]2CC[C@@H](C)[C@@](O)(O2)C(=O)C(=O)N2CCCC[C@H]2C(=O)O[C@H]([C@H](N)C[C@@H]2CC[C@@H](OCCCCc3cn(CCOCCOCCOCCOCCOCCC(=O)NCCCCn4nc(-c5ccc6oc(N)nc6c5)c5c(N)ncnc54)nn3)[C@H](OC)C2)CC(=O)[C@H](C)/C=C(\C)[C@@H](O)[C@@H](O)C(=O)[C@H](C)C[C@H](C)/C=C/C=C/C=C/1C. The Bertz CT molecular complexity index is 4120. The van der Waals surface area contributed by atoms with Crippen LogP contribution in [0.15, 0.2) is 82.7 Å². The molecule has 4 aliphatic rings. The van der Waals surface area contributed by atoms with Crippen LogP contribution in [-0.4, -0.2) is 256 Å². The Hall–Kier alpha value is -8.16. The van der Waals surface area contributed by atoms with Crippen LogP contribution in [0.4, 0.5) is 11.8 Å². The van der Waals surface area contributed by atoms with Gasteiger partial charge in [0.1, 0.15) is 53.5 Å². The number of allylic oxidation sites excluding steroid dienone is 6. The highest BCUT2D eigenvalue weighted by Crippen LogP contribution is 2.39. The van der Waals surface area contributed by atoms with E-state index in [-0.39, 0.29) is 80.4 Å². The molecule has 646 valence electrons. The lowest BCUT2D eigenvalue weighted by atomic mass is 9.80. The fourth-order valence-electron chi connectivity index (χ4n) is 15.5. The smallest absolute Gasteiger partial charge is 0.329 e. The van der Waals surface area contributed by atoms with Crippen LogP contribution < -0.4 is 22.5 Å². The van der Waals surface area contributed by atoms with Crippen molar-refractivity contribution in [2.45, 2.75) is 231 Å². The number of nitrogens with one attached hydrogen (secondary N) is 1. The Morgan fingerprint density at radius 2 is 1.50 bits per heavy atom. The molecule has 0 spiro atoms. The number of piperidine rings is 1. The minimum Gasteiger partial charge on any atom is -0.459 e. The molecule has 2 amide bonds. The quantitative estimate of drug-likeness (QED) is 0.00925. The van der Waals surface area contributed by atoms with Crippen LogP contribution in [-0.2, 0) is 95.6 Å². The number of aliphatic hydroxyl groups excluding tert-OH is 2. The van der Waals surface area contributed by atoms with E-state index in [2.05, 4.69) is 30.6 Å². The molecular formula is C84H125N13O20. The Morgan fingerprint density at radius 3 is 2.24 bits per heavy atom. The maximum Gasteiger partial charge on any atom is 0.329 e. The highest BCUT2D eigenvalue weighted by Gasteiger charge is 2.53. The van der Waals surface area contributed by atoms with Crippen LogP contribution in [0.2, 0.25) is 0 Å². The summed E-state index contributed by atoms with van der Waals surface area (Å²) in [6.45, 7) is 16.3. The molecule has 2 bridgehead atoms. The van der Waals surface area contributed by atoms with Gasteiger partial charge in [0.15, 0.2) is 17.0 Å². The number of carbonyl (C=O) groups excluding carboxylic acids is 6. The predicted molar refractivity (Wildman–Crippen MR) is 434 cm³/mol. The summed E-state index contributed by atoms with van der Waals surface area (Å²) in [6, 6.07) is 3.44. The number of nitrogen functional groups attached to an aromatic ring is 2. The minimum absolute atomic E-state index is 0.0257. The molecule has 3 fully saturated rings. The molecule has 33 nitrogen and oxygen atoms in total. The molecule has 1 aliphatic carbocycles. The van der Waals surface area contributed by atoms with Crippen molar-refractivity contribution in [1.29, 1.82) is 0 Å². The summed E-state index contributed by atoms with van der Waals surface area (Å²) in [7, 11) is 3.20. The number of cyclic esters (lactones) is 1. The first-order valence-electron chi connectivity index (χ1n) is 41.5. The third kappa shape index (κ3) is 27.4. The number of aromatic nitrogens is 8. The van der Waals surface area contributed by atoms with Crippen LogP contribution >= 0.6 is 0 Å². The molecule has 15 atom stereocenters. The van der Waals surface area contributed by atoms with Crippen molar-refractivity contribution in [3.63, 3.8) is 0 Å². The van der Waals surface area contributed by atoms with Crippen LogP contribution in [0.5, 0.6) is 0 Å². The van der Waals surface area contributed by atoms with Crippen molar-refractivity contribution in [2.24, 2.45) is 35.3 Å². The van der Waals surface area contributed by atoms with Gasteiger partial charge in [0.25, 0.3) is 17.7 Å². The van der Waals surface area contributed by atoms with Gasteiger partial charge in [-0.1, -0.05) is 69.4 Å². The number of carbonyl (C=O) groups is 6. The molecule has 2 saturated heterocycles. The number of Topliss-reactive ketones (excluding diaryl/α,β-unsaturated/α-hetero) is 3. The van der Waals surface area contributed by atoms with Gasteiger partial charge in [-0.25, -0.2) is 24.1 Å². The monoisotopic (exact) mass is 1640 g/mol. The Kier molecular flexibility index (Phi) is 37.2. The number of amides is 2. The highest BCUT2D eigenvalue weighted by atomic mass is 16.6. The number of oxazole rings is 1. The standard InChI is InChI=1S/C84H125N13O20/c1-53-18-10-9-11-19-54(2)69(107-7)49-62-25-22-58(6)84(106,117-62)78(103)81(104)96-30-15-12-21-65(96)82(105)115-70(50-66(98)55(3)45-57(5)76(101)77(102)75(100)56(4)44-53)63(85)46-59-23-26-68(71(47-59)108-8)114-33-17-13-20-61-51-95(94-92-61)32-35-110-37-39-112-41-43-113-42-40-111-38-36-109-34-28-72(99)88-29-14-16-31-97-80-73(79(86)89-52-90-80)74(93-97)60-24-27-67-64(48-60)91-83(87)116-67/h9-11,18-19,24,27,45,48,51-53,55-56,58-59,62-63,65,68-71,76-77,101-102,106H,12-17,20-23,25-26,28-44,46-47,49-50,85H2,1-8H3,(H2,87,91)(H,88,99)(H2,86,89,90)/b11-9+,18-10+,54-19+,57-45+/t53-,55-,56-,58-,59+,62+,63-,65+,68-,69+,70+,71-,76-,77+,84-/m1/s1. The van der Waals surface area contributed by atoms with Crippen molar-refractivity contribution in [2.75, 3.05) is 111 Å². The number of methoxy groups -OCH3 is 2. The zero-order chi connectivity index (χ0) is 84.0. The number of fused-ring (bicyclic) bond motifs is 5. The molecule has 1 saturated carbocycles. The van der Waals surface area contributed by atoms with Crippen molar-refractivity contribution >= 4 is 69.1 Å². The molecule has 0 radical (unpaired) electrons. The molecule has 9 rings (SSSR count). The maximum atomic E-state index is 14.7. The summed E-state index contributed by atoms with van der Waals surface area (Å²) in [5.41, 5.74) is 24.2. The number of aryl methyl sites for hydroxylation is 2. The summed E-state index contributed by atoms with van der Waals surface area (Å²) in [6.07, 6.45) is 16.6. The average molecular weight is 1640 g/mol. The van der Waals surface area contributed by atoms with Crippen molar-refractivity contribution < 1.29 is 95.9 Å². The Labute approximate surface area is 684 Å². The van der Waals surface area contributed by atoms with E-state index in [0.717, 1.165) is 47.4 Å². The fourth-order valence-corrected chi connectivity index (χ4v) is 15.5. The number of anilines is 2. The number of nitrogens with two attached hydrogens (primary N) is 3. The first-order chi connectivity index (χ1) is 56.3. The molecule has 117 heavy (non-hydrogen) atoms. The lowest BCUT2D eigenvalue weighted by molar-refractivity contribution is -0.265. The summed E-state index contributed by atoms with van der Waals surface area (Å²) in [5.74, 6) is -8.67. The molecule has 0 unspecified atom stereocenters. The normalized spacial score (nSPS) is 27.8. The highest BCUT2D eigenvalue weighted by molar-refractivity contribution is 6.39. The van der Waals surface area contributed by atoms with Gasteiger partial charge in [-0.05, 0) is 151 Å². The first kappa shape index (κ1) is 92.7. The summed E-state index contributed by atoms with van der Waals surface area (Å²) >= 11 is 0. The number of ether oxygens (including phenoxy) is 10. The van der Waals surface area contributed by atoms with Crippen LogP contribution in [0, 0.1) is 29.6 Å². The first-order valence-corrected chi connectivity index (χ1v) is 41.5. The fraction of sp³-hybridized carbons (Fsp3) is 0.667. The molecular weight excluding hydrogens is 1510 g/mol. The van der Waals surface area contributed by atoms with Gasteiger partial charge in [0, 0.05) is 95.3 Å². The largest absolute Gasteiger partial charge is 0.459 e. The van der Waals surface area contributed by atoms with Gasteiger partial charge in [0.05, 0.1) is 108 Å². The molecule has 5 aromatic rings. The van der Waals surface area contributed by atoms with E-state index in [9.17, 15) is 44.1 Å². The molecule has 7 heterocycles. The molecule has 10 N–H and O–H groups in total. The van der Waals surface area contributed by atoms with Crippen LogP contribution in [0.3, 0.4) is 0 Å². The number of benzene rings is 1. The van der Waals surface area contributed by atoms with E-state index >= 15 is 0 Å². The lowest BCUT2D eigenvalue weighted by Crippen LogP contribution is -2.61. The molecule has 1 aromatic carbocycles. The minimum atomic E-state index is -2.49.